The Balaban J connectivity index is 1.88. The number of thioether (sulfide) groups is 1. The minimum Gasteiger partial charge on any atom is -0.440 e. The van der Waals surface area contributed by atoms with Crippen molar-refractivity contribution < 1.29 is 9.15 Å². The Labute approximate surface area is 101 Å². The van der Waals surface area contributed by atoms with Crippen molar-refractivity contribution in [1.82, 2.24) is 10.3 Å². The molecule has 1 rings (SSSR count). The predicted octanol–water partition coefficient (Wildman–Crippen LogP) is 2.09. The molecule has 0 aromatic carbocycles. The van der Waals surface area contributed by atoms with Gasteiger partial charge in [-0.25, -0.2) is 4.98 Å². The molecule has 0 radical (unpaired) electrons. The largest absolute Gasteiger partial charge is 0.440 e. The van der Waals surface area contributed by atoms with Crippen LogP contribution >= 0.6 is 11.8 Å². The van der Waals surface area contributed by atoms with Crippen LogP contribution in [0.1, 0.15) is 18.5 Å². The molecule has 1 aromatic heterocycles. The number of oxazole rings is 1. The van der Waals surface area contributed by atoms with Gasteiger partial charge in [0, 0.05) is 19.4 Å². The van der Waals surface area contributed by atoms with Gasteiger partial charge in [0.05, 0.1) is 12.3 Å². The third-order valence-corrected chi connectivity index (χ3v) is 2.98. The van der Waals surface area contributed by atoms with Crippen LogP contribution in [0, 0.1) is 6.92 Å². The van der Waals surface area contributed by atoms with E-state index in [0.717, 1.165) is 36.4 Å². The molecule has 0 unspecified atom stereocenters. The zero-order valence-corrected chi connectivity index (χ0v) is 10.8. The van der Waals surface area contributed by atoms with E-state index in [0.29, 0.717) is 0 Å². The van der Waals surface area contributed by atoms with Crippen LogP contribution in [0.4, 0.5) is 0 Å². The van der Waals surface area contributed by atoms with Gasteiger partial charge in [0.2, 0.25) is 0 Å². The first-order valence-corrected chi connectivity index (χ1v) is 6.56. The van der Waals surface area contributed by atoms with Crippen molar-refractivity contribution in [3.8, 4) is 0 Å². The molecule has 1 heterocycles. The van der Waals surface area contributed by atoms with Gasteiger partial charge in [0.15, 0.2) is 0 Å². The Morgan fingerprint density at radius 1 is 1.44 bits per heavy atom. The van der Waals surface area contributed by atoms with E-state index in [9.17, 15) is 0 Å². The molecule has 4 nitrogen and oxygen atoms in total. The highest BCUT2D eigenvalue weighted by atomic mass is 32.2. The van der Waals surface area contributed by atoms with E-state index in [4.69, 9.17) is 9.15 Å². The lowest BCUT2D eigenvalue weighted by Crippen LogP contribution is -2.20. The van der Waals surface area contributed by atoms with Crippen LogP contribution in [0.3, 0.4) is 0 Å². The number of aromatic nitrogens is 1. The molecule has 0 saturated carbocycles. The highest BCUT2D eigenvalue weighted by molar-refractivity contribution is 7.99. The van der Waals surface area contributed by atoms with E-state index in [2.05, 4.69) is 10.3 Å². The van der Waals surface area contributed by atoms with Gasteiger partial charge in [0.25, 0.3) is 5.22 Å². The molecule has 0 saturated heterocycles. The van der Waals surface area contributed by atoms with Crippen LogP contribution in [0.15, 0.2) is 15.9 Å². The van der Waals surface area contributed by atoms with Crippen molar-refractivity contribution in [2.24, 2.45) is 0 Å². The van der Waals surface area contributed by atoms with E-state index in [1.807, 2.05) is 6.92 Å². The first-order valence-electron chi connectivity index (χ1n) is 5.57. The van der Waals surface area contributed by atoms with E-state index in [-0.39, 0.29) is 0 Å². The molecule has 1 aromatic rings. The highest BCUT2D eigenvalue weighted by Crippen LogP contribution is 2.17. The van der Waals surface area contributed by atoms with Gasteiger partial charge in [-0.15, -0.1) is 0 Å². The summed E-state index contributed by atoms with van der Waals surface area (Å²) >= 11 is 1.68. The Bertz CT molecular complexity index is 279. The lowest BCUT2D eigenvalue weighted by Gasteiger charge is -2.02. The van der Waals surface area contributed by atoms with Gasteiger partial charge in [-0.3, -0.25) is 0 Å². The van der Waals surface area contributed by atoms with Crippen LogP contribution in [0.2, 0.25) is 0 Å². The second kappa shape index (κ2) is 8.61. The van der Waals surface area contributed by atoms with Crippen LogP contribution < -0.4 is 5.32 Å². The van der Waals surface area contributed by atoms with E-state index in [1.165, 1.54) is 12.8 Å². The maximum atomic E-state index is 5.24. The fraction of sp³-hybridized carbons (Fsp3) is 0.727. The summed E-state index contributed by atoms with van der Waals surface area (Å²) in [4.78, 5) is 4.23. The summed E-state index contributed by atoms with van der Waals surface area (Å²) in [5, 5.41) is 4.10. The van der Waals surface area contributed by atoms with E-state index >= 15 is 0 Å². The quantitative estimate of drug-likeness (QED) is 0.532. The average molecular weight is 244 g/mol. The molecule has 5 heteroatoms. The number of hydrogen-bond acceptors (Lipinski definition) is 5. The molecule has 16 heavy (non-hydrogen) atoms. The summed E-state index contributed by atoms with van der Waals surface area (Å²) in [5.41, 5.74) is 0.948. The highest BCUT2D eigenvalue weighted by Gasteiger charge is 2.00. The number of unbranched alkanes of at least 4 members (excludes halogenated alkanes) is 1. The van der Waals surface area contributed by atoms with Gasteiger partial charge in [0.1, 0.15) is 6.26 Å². The minimum absolute atomic E-state index is 0.782. The lowest BCUT2D eigenvalue weighted by atomic mass is 10.3. The van der Waals surface area contributed by atoms with Crippen molar-refractivity contribution in [2.75, 3.05) is 32.6 Å². The van der Waals surface area contributed by atoms with Crippen molar-refractivity contribution in [3.63, 3.8) is 0 Å². The van der Waals surface area contributed by atoms with Gasteiger partial charge >= 0.3 is 0 Å². The molecule has 0 aliphatic heterocycles. The topological polar surface area (TPSA) is 47.3 Å². The summed E-state index contributed by atoms with van der Waals surface area (Å²) < 4.78 is 10.2. The Hall–Kier alpha value is -0.520. The number of nitrogens with zero attached hydrogens (tertiary/aromatic N) is 1. The Kier molecular flexibility index (Phi) is 7.29. The zero-order valence-electron chi connectivity index (χ0n) is 9.99. The maximum Gasteiger partial charge on any atom is 0.255 e. The third-order valence-electron chi connectivity index (χ3n) is 2.05. The third kappa shape index (κ3) is 6.15. The molecule has 1 N–H and O–H groups in total. The number of rotatable bonds is 9. The zero-order chi connectivity index (χ0) is 11.6. The first kappa shape index (κ1) is 13.5. The number of aryl methyl sites for hydroxylation is 1. The molecular weight excluding hydrogens is 224 g/mol. The summed E-state index contributed by atoms with van der Waals surface area (Å²) in [7, 11) is 1.72. The van der Waals surface area contributed by atoms with Crippen molar-refractivity contribution in [1.29, 1.82) is 0 Å². The second-order valence-corrected chi connectivity index (χ2v) is 4.60. The monoisotopic (exact) mass is 244 g/mol. The fourth-order valence-electron chi connectivity index (χ4n) is 1.21. The first-order chi connectivity index (χ1) is 7.83. The molecule has 0 aliphatic rings. The number of methoxy groups -OCH3 is 1. The van der Waals surface area contributed by atoms with Crippen molar-refractivity contribution in [3.05, 3.63) is 12.0 Å². The van der Waals surface area contributed by atoms with Gasteiger partial charge < -0.3 is 14.5 Å². The standard InChI is InChI=1S/C11H20N2O2S/c1-10-9-15-11(13-10)16-8-4-3-5-12-6-7-14-2/h9,12H,3-8H2,1-2H3. The minimum atomic E-state index is 0.782. The molecule has 0 bridgehead atoms. The van der Waals surface area contributed by atoms with Crippen LogP contribution in [0.5, 0.6) is 0 Å². The number of nitrogens with one attached hydrogen (secondary N) is 1. The smallest absolute Gasteiger partial charge is 0.255 e. The summed E-state index contributed by atoms with van der Waals surface area (Å²) in [6, 6.07) is 0. The summed E-state index contributed by atoms with van der Waals surface area (Å²) in [5.74, 6) is 1.06. The molecule has 0 amide bonds. The molecule has 92 valence electrons. The predicted molar refractivity (Wildman–Crippen MR) is 65.9 cm³/mol. The molecule has 0 spiro atoms. The Morgan fingerprint density at radius 3 is 3.00 bits per heavy atom. The molecule has 0 atom stereocenters. The Morgan fingerprint density at radius 2 is 2.31 bits per heavy atom. The van der Waals surface area contributed by atoms with Crippen LogP contribution in [0.25, 0.3) is 0 Å². The van der Waals surface area contributed by atoms with Crippen LogP contribution in [-0.2, 0) is 4.74 Å². The second-order valence-electron chi connectivity index (χ2n) is 3.55. The summed E-state index contributed by atoms with van der Waals surface area (Å²) in [6.45, 7) is 4.70. The lowest BCUT2D eigenvalue weighted by molar-refractivity contribution is 0.199. The van der Waals surface area contributed by atoms with Gasteiger partial charge in [-0.2, -0.15) is 0 Å². The van der Waals surface area contributed by atoms with Crippen LogP contribution in [-0.4, -0.2) is 37.5 Å². The van der Waals surface area contributed by atoms with Crippen molar-refractivity contribution in [2.45, 2.75) is 25.0 Å². The van der Waals surface area contributed by atoms with Gasteiger partial charge in [-0.1, -0.05) is 11.8 Å². The SMILES string of the molecule is COCCNCCCCSc1nc(C)co1. The number of ether oxygens (including phenoxy) is 1. The van der Waals surface area contributed by atoms with E-state index < -0.39 is 0 Å². The normalized spacial score (nSPS) is 10.9. The number of hydrogen-bond donors (Lipinski definition) is 1. The van der Waals surface area contributed by atoms with Gasteiger partial charge in [-0.05, 0) is 26.3 Å². The maximum absolute atomic E-state index is 5.24. The fourth-order valence-corrected chi connectivity index (χ4v) is 2.06. The van der Waals surface area contributed by atoms with Crippen molar-refractivity contribution >= 4 is 11.8 Å². The average Bonchev–Trinajstić information content (AvgIpc) is 2.68. The molecule has 0 fully saturated rings. The molecule has 0 aliphatic carbocycles. The molecular formula is C11H20N2O2S. The summed E-state index contributed by atoms with van der Waals surface area (Å²) in [6.07, 6.45) is 4.04. The van der Waals surface area contributed by atoms with E-state index in [1.54, 1.807) is 25.1 Å².